The molecule has 6 nitrogen and oxygen atoms in total. The van der Waals surface area contributed by atoms with Gasteiger partial charge in [0.2, 0.25) is 11.8 Å². The molecule has 2 fully saturated rings. The summed E-state index contributed by atoms with van der Waals surface area (Å²) in [6.07, 6.45) is 2.19. The van der Waals surface area contributed by atoms with Gasteiger partial charge in [-0.15, -0.1) is 0 Å². The Kier molecular flexibility index (Phi) is 7.22. The standard InChI is InChI=1S/C26H34N4O2/c1-20-9-8-10-21(2)24(20)27-23(31)19-28-15-17-29(18-16-28)25(22-11-4-3-5-12-22)26(32)30-13-6-7-14-30/h3-5,8-12,25H,6-7,13-19H2,1-2H3,(H,27,31). The Morgan fingerprint density at radius 3 is 2.09 bits per heavy atom. The van der Waals surface area contributed by atoms with Crippen LogP contribution in [0, 0.1) is 13.8 Å². The number of hydrogen-bond acceptors (Lipinski definition) is 4. The lowest BCUT2D eigenvalue weighted by Crippen LogP contribution is -2.52. The minimum absolute atomic E-state index is 0.0172. The molecule has 0 aromatic heterocycles. The lowest BCUT2D eigenvalue weighted by atomic mass is 10.0. The number of likely N-dealkylation sites (tertiary alicyclic amines) is 1. The third-order valence-corrected chi connectivity index (χ3v) is 6.65. The molecule has 0 spiro atoms. The number of aryl methyl sites for hydroxylation is 2. The molecule has 32 heavy (non-hydrogen) atoms. The predicted molar refractivity (Wildman–Crippen MR) is 128 cm³/mol. The minimum Gasteiger partial charge on any atom is -0.341 e. The van der Waals surface area contributed by atoms with Crippen LogP contribution < -0.4 is 5.32 Å². The molecule has 2 heterocycles. The largest absolute Gasteiger partial charge is 0.341 e. The minimum atomic E-state index is -0.236. The summed E-state index contributed by atoms with van der Waals surface area (Å²) in [6.45, 7) is 9.23. The van der Waals surface area contributed by atoms with Crippen molar-refractivity contribution in [3.05, 3.63) is 65.2 Å². The van der Waals surface area contributed by atoms with Crippen molar-refractivity contribution < 1.29 is 9.59 Å². The highest BCUT2D eigenvalue weighted by Gasteiger charge is 2.34. The van der Waals surface area contributed by atoms with Crippen molar-refractivity contribution in [1.29, 1.82) is 0 Å². The molecule has 4 rings (SSSR count). The Morgan fingerprint density at radius 1 is 0.844 bits per heavy atom. The maximum Gasteiger partial charge on any atom is 0.244 e. The summed E-state index contributed by atoms with van der Waals surface area (Å²) in [5, 5.41) is 3.09. The summed E-state index contributed by atoms with van der Waals surface area (Å²) < 4.78 is 0. The van der Waals surface area contributed by atoms with E-state index in [2.05, 4.69) is 27.2 Å². The molecule has 2 amide bonds. The number of carbonyl (C=O) groups excluding carboxylic acids is 2. The summed E-state index contributed by atoms with van der Waals surface area (Å²) in [5.41, 5.74) is 4.13. The first kappa shape index (κ1) is 22.5. The summed E-state index contributed by atoms with van der Waals surface area (Å²) in [4.78, 5) is 32.5. The van der Waals surface area contributed by atoms with Crippen LogP contribution in [0.1, 0.15) is 35.6 Å². The van der Waals surface area contributed by atoms with E-state index in [1.807, 2.05) is 55.1 Å². The molecule has 2 saturated heterocycles. The van der Waals surface area contributed by atoms with E-state index in [0.717, 1.165) is 74.5 Å². The van der Waals surface area contributed by atoms with E-state index in [-0.39, 0.29) is 17.9 Å². The van der Waals surface area contributed by atoms with Gasteiger partial charge in [0.15, 0.2) is 0 Å². The molecule has 6 heteroatoms. The van der Waals surface area contributed by atoms with Crippen molar-refractivity contribution in [2.75, 3.05) is 51.1 Å². The fraction of sp³-hybridized carbons (Fsp3) is 0.462. The van der Waals surface area contributed by atoms with E-state index in [0.29, 0.717) is 6.54 Å². The molecule has 0 bridgehead atoms. The molecule has 2 aromatic carbocycles. The zero-order valence-electron chi connectivity index (χ0n) is 19.2. The van der Waals surface area contributed by atoms with Crippen molar-refractivity contribution in [1.82, 2.24) is 14.7 Å². The molecular weight excluding hydrogens is 400 g/mol. The Hall–Kier alpha value is -2.70. The molecule has 1 N–H and O–H groups in total. The highest BCUT2D eigenvalue weighted by molar-refractivity contribution is 5.93. The van der Waals surface area contributed by atoms with Crippen LogP contribution in [0.2, 0.25) is 0 Å². The third-order valence-electron chi connectivity index (χ3n) is 6.65. The number of carbonyl (C=O) groups is 2. The number of rotatable bonds is 6. The summed E-state index contributed by atoms with van der Waals surface area (Å²) in [6, 6.07) is 15.9. The number of hydrogen-bond donors (Lipinski definition) is 1. The van der Waals surface area contributed by atoms with Gasteiger partial charge in [-0.3, -0.25) is 19.4 Å². The van der Waals surface area contributed by atoms with Crippen LogP contribution >= 0.6 is 0 Å². The molecule has 2 aliphatic rings. The molecule has 0 aliphatic carbocycles. The van der Waals surface area contributed by atoms with Crippen molar-refractivity contribution in [3.8, 4) is 0 Å². The number of anilines is 1. The van der Waals surface area contributed by atoms with Gasteiger partial charge in [0.05, 0.1) is 6.54 Å². The van der Waals surface area contributed by atoms with Crippen LogP contribution in [0.25, 0.3) is 0 Å². The number of piperazine rings is 1. The molecule has 1 atom stereocenters. The fourth-order valence-corrected chi connectivity index (χ4v) is 4.83. The van der Waals surface area contributed by atoms with E-state index >= 15 is 0 Å². The molecular formula is C26H34N4O2. The van der Waals surface area contributed by atoms with Crippen LogP contribution in [0.15, 0.2) is 48.5 Å². The number of nitrogens with zero attached hydrogens (tertiary/aromatic N) is 3. The van der Waals surface area contributed by atoms with Crippen LogP contribution in [0.5, 0.6) is 0 Å². The van der Waals surface area contributed by atoms with Crippen LogP contribution in [-0.4, -0.2) is 72.3 Å². The second kappa shape index (κ2) is 10.3. The van der Waals surface area contributed by atoms with Gasteiger partial charge in [0.1, 0.15) is 6.04 Å². The van der Waals surface area contributed by atoms with Gasteiger partial charge in [0, 0.05) is 45.0 Å². The first-order valence-electron chi connectivity index (χ1n) is 11.7. The van der Waals surface area contributed by atoms with E-state index in [4.69, 9.17) is 0 Å². The van der Waals surface area contributed by atoms with E-state index < -0.39 is 0 Å². The second-order valence-electron chi connectivity index (χ2n) is 8.97. The van der Waals surface area contributed by atoms with Crippen molar-refractivity contribution in [2.45, 2.75) is 32.7 Å². The fourth-order valence-electron chi connectivity index (χ4n) is 4.83. The topological polar surface area (TPSA) is 55.9 Å². The summed E-state index contributed by atoms with van der Waals surface area (Å²) >= 11 is 0. The Balaban J connectivity index is 1.37. The van der Waals surface area contributed by atoms with Gasteiger partial charge in [-0.25, -0.2) is 0 Å². The Bertz CT molecular complexity index is 912. The monoisotopic (exact) mass is 434 g/mol. The van der Waals surface area contributed by atoms with Gasteiger partial charge in [0.25, 0.3) is 0 Å². The second-order valence-corrected chi connectivity index (χ2v) is 8.97. The quantitative estimate of drug-likeness (QED) is 0.759. The van der Waals surface area contributed by atoms with Crippen LogP contribution in [0.4, 0.5) is 5.69 Å². The molecule has 170 valence electrons. The first-order valence-corrected chi connectivity index (χ1v) is 11.7. The Morgan fingerprint density at radius 2 is 1.47 bits per heavy atom. The SMILES string of the molecule is Cc1cccc(C)c1NC(=O)CN1CCN(C(C(=O)N2CCCC2)c2ccccc2)CC1. The van der Waals surface area contributed by atoms with Crippen LogP contribution in [0.3, 0.4) is 0 Å². The predicted octanol–water partition coefficient (Wildman–Crippen LogP) is 3.22. The number of benzene rings is 2. The lowest BCUT2D eigenvalue weighted by Gasteiger charge is -2.39. The van der Waals surface area contributed by atoms with Crippen molar-refractivity contribution >= 4 is 17.5 Å². The van der Waals surface area contributed by atoms with Gasteiger partial charge in [-0.1, -0.05) is 48.5 Å². The summed E-state index contributed by atoms with van der Waals surface area (Å²) in [7, 11) is 0. The zero-order valence-corrected chi connectivity index (χ0v) is 19.2. The van der Waals surface area contributed by atoms with E-state index in [9.17, 15) is 9.59 Å². The average molecular weight is 435 g/mol. The first-order chi connectivity index (χ1) is 15.5. The molecule has 0 radical (unpaired) electrons. The van der Waals surface area contributed by atoms with Gasteiger partial charge in [-0.05, 0) is 43.4 Å². The Labute approximate surface area is 191 Å². The van der Waals surface area contributed by atoms with E-state index in [1.54, 1.807) is 0 Å². The number of amides is 2. The summed E-state index contributed by atoms with van der Waals surface area (Å²) in [5.74, 6) is 0.235. The maximum atomic E-state index is 13.4. The van der Waals surface area contributed by atoms with E-state index in [1.165, 1.54) is 0 Å². The van der Waals surface area contributed by atoms with Crippen molar-refractivity contribution in [2.24, 2.45) is 0 Å². The van der Waals surface area contributed by atoms with Gasteiger partial charge < -0.3 is 10.2 Å². The molecule has 2 aliphatic heterocycles. The number of para-hydroxylation sites is 1. The molecule has 2 aromatic rings. The molecule has 1 unspecified atom stereocenters. The number of nitrogens with one attached hydrogen (secondary N) is 1. The van der Waals surface area contributed by atoms with Crippen molar-refractivity contribution in [3.63, 3.8) is 0 Å². The maximum absolute atomic E-state index is 13.4. The highest BCUT2D eigenvalue weighted by atomic mass is 16.2. The zero-order chi connectivity index (χ0) is 22.5. The smallest absolute Gasteiger partial charge is 0.244 e. The third kappa shape index (κ3) is 5.19. The molecule has 0 saturated carbocycles. The van der Waals surface area contributed by atoms with Gasteiger partial charge >= 0.3 is 0 Å². The van der Waals surface area contributed by atoms with Gasteiger partial charge in [-0.2, -0.15) is 0 Å². The average Bonchev–Trinajstić information content (AvgIpc) is 3.34. The highest BCUT2D eigenvalue weighted by Crippen LogP contribution is 2.26. The lowest BCUT2D eigenvalue weighted by molar-refractivity contribution is -0.137. The normalized spacial score (nSPS) is 18.5. The van der Waals surface area contributed by atoms with Crippen LogP contribution in [-0.2, 0) is 9.59 Å².